The summed E-state index contributed by atoms with van der Waals surface area (Å²) in [6.45, 7) is 3.94. The fourth-order valence-corrected chi connectivity index (χ4v) is 3.71. The first-order valence-corrected chi connectivity index (χ1v) is 10.6. The monoisotopic (exact) mass is 465 g/mol. The molecule has 3 aromatic heterocycles. The smallest absolute Gasteiger partial charge is 0.383 e. The number of pyridine rings is 1. The van der Waals surface area contributed by atoms with Crippen LogP contribution in [0.1, 0.15) is 23.2 Å². The van der Waals surface area contributed by atoms with Crippen molar-refractivity contribution in [2.24, 2.45) is 0 Å². The third-order valence-corrected chi connectivity index (χ3v) is 5.36. The van der Waals surface area contributed by atoms with Gasteiger partial charge in [0.1, 0.15) is 18.2 Å². The summed E-state index contributed by atoms with van der Waals surface area (Å²) in [5.74, 6) is 0.669. The van der Waals surface area contributed by atoms with Gasteiger partial charge in [-0.2, -0.15) is 13.2 Å². The summed E-state index contributed by atoms with van der Waals surface area (Å²) in [6, 6.07) is 3.91. The van der Waals surface area contributed by atoms with E-state index in [1.54, 1.807) is 13.3 Å². The second-order valence-corrected chi connectivity index (χ2v) is 7.87. The van der Waals surface area contributed by atoms with Crippen molar-refractivity contribution in [3.63, 3.8) is 0 Å². The van der Waals surface area contributed by atoms with Gasteiger partial charge in [0.2, 0.25) is 0 Å². The number of fused-ring (bicyclic) bond motifs is 1. The van der Waals surface area contributed by atoms with Crippen molar-refractivity contribution in [1.82, 2.24) is 29.4 Å². The van der Waals surface area contributed by atoms with Gasteiger partial charge in [-0.15, -0.1) is 0 Å². The van der Waals surface area contributed by atoms with Crippen LogP contribution in [0.4, 0.5) is 19.0 Å². The van der Waals surface area contributed by atoms with E-state index in [-0.39, 0.29) is 11.2 Å². The fraction of sp³-hybridized carbons (Fsp3) is 0.524. The van der Waals surface area contributed by atoms with Gasteiger partial charge in [-0.1, -0.05) is 6.07 Å². The van der Waals surface area contributed by atoms with Crippen LogP contribution in [-0.4, -0.2) is 75.5 Å². The first-order valence-electron chi connectivity index (χ1n) is 10.6. The highest BCUT2D eigenvalue weighted by Crippen LogP contribution is 2.27. The molecule has 0 bridgehead atoms. The lowest BCUT2D eigenvalue weighted by atomic mass is 10.2. The van der Waals surface area contributed by atoms with Crippen molar-refractivity contribution < 1.29 is 22.6 Å². The minimum Gasteiger partial charge on any atom is -0.383 e. The van der Waals surface area contributed by atoms with Crippen LogP contribution in [0.3, 0.4) is 0 Å². The number of aryl methyl sites for hydroxylation is 1. The van der Waals surface area contributed by atoms with E-state index in [1.165, 1.54) is 0 Å². The Kier molecular flexibility index (Phi) is 7.05. The number of imidazole rings is 1. The Morgan fingerprint density at radius 2 is 2.12 bits per heavy atom. The number of nitrogens with zero attached hydrogens (tertiary/aromatic N) is 6. The minimum absolute atomic E-state index is 0.110. The molecule has 0 spiro atoms. The van der Waals surface area contributed by atoms with Gasteiger partial charge < -0.3 is 19.4 Å². The quantitative estimate of drug-likeness (QED) is 0.508. The number of aromatic nitrogens is 5. The number of rotatable bonds is 8. The number of morpholine rings is 1. The minimum atomic E-state index is -4.40. The zero-order valence-corrected chi connectivity index (χ0v) is 18.5. The molecule has 9 nitrogen and oxygen atoms in total. The number of ether oxygens (including phenoxy) is 2. The maximum atomic E-state index is 13.1. The van der Waals surface area contributed by atoms with Crippen molar-refractivity contribution in [3.05, 3.63) is 41.7 Å². The highest BCUT2D eigenvalue weighted by Gasteiger charge is 2.31. The van der Waals surface area contributed by atoms with E-state index in [9.17, 15) is 13.2 Å². The maximum absolute atomic E-state index is 13.1. The van der Waals surface area contributed by atoms with Gasteiger partial charge in [-0.05, 0) is 18.6 Å². The third-order valence-electron chi connectivity index (χ3n) is 5.36. The van der Waals surface area contributed by atoms with Crippen molar-refractivity contribution in [3.8, 4) is 0 Å². The predicted molar refractivity (Wildman–Crippen MR) is 115 cm³/mol. The Labute approximate surface area is 189 Å². The summed E-state index contributed by atoms with van der Waals surface area (Å²) in [6.07, 6.45) is -2.00. The van der Waals surface area contributed by atoms with Gasteiger partial charge in [-0.3, -0.25) is 9.88 Å². The first kappa shape index (κ1) is 23.3. The van der Waals surface area contributed by atoms with Crippen LogP contribution in [0.25, 0.3) is 11.2 Å². The normalized spacial score (nSPS) is 17.5. The Morgan fingerprint density at radius 3 is 2.88 bits per heavy atom. The molecule has 4 heterocycles. The first-order chi connectivity index (χ1) is 15.8. The van der Waals surface area contributed by atoms with Gasteiger partial charge in [0.15, 0.2) is 17.3 Å². The molecule has 178 valence electrons. The number of hydrogen-bond donors (Lipinski definition) is 1. The Hall–Kier alpha value is -2.83. The molecule has 1 aliphatic heterocycles. The number of hydrogen-bond acceptors (Lipinski definition) is 8. The highest BCUT2D eigenvalue weighted by atomic mass is 19.4. The van der Waals surface area contributed by atoms with Crippen molar-refractivity contribution in [2.75, 3.05) is 45.3 Å². The largest absolute Gasteiger partial charge is 0.406 e. The Morgan fingerprint density at radius 1 is 1.27 bits per heavy atom. The molecule has 0 saturated carbocycles. The SMILES string of the molecule is COCCNc1nc(C2CN(Cc3ncccc3C)CCO2)nc2c1ncn2CC(F)(F)F. The molecular formula is C21H26F3N7O2. The molecule has 1 aliphatic rings. The van der Waals surface area contributed by atoms with E-state index in [4.69, 9.17) is 9.47 Å². The van der Waals surface area contributed by atoms with Crippen molar-refractivity contribution in [2.45, 2.75) is 32.3 Å². The van der Waals surface area contributed by atoms with Crippen LogP contribution in [0, 0.1) is 6.92 Å². The maximum Gasteiger partial charge on any atom is 0.406 e. The summed E-state index contributed by atoms with van der Waals surface area (Å²) >= 11 is 0. The third kappa shape index (κ3) is 5.75. The summed E-state index contributed by atoms with van der Waals surface area (Å²) in [5.41, 5.74) is 2.45. The van der Waals surface area contributed by atoms with Gasteiger partial charge in [-0.25, -0.2) is 15.0 Å². The molecule has 0 aromatic carbocycles. The molecule has 1 fully saturated rings. The molecule has 4 rings (SSSR count). The van der Waals surface area contributed by atoms with Crippen LogP contribution in [0.15, 0.2) is 24.7 Å². The number of anilines is 1. The molecule has 0 amide bonds. The van der Waals surface area contributed by atoms with E-state index >= 15 is 0 Å². The standard InChI is InChI=1S/C21H26F3N7O2/c1-14-4-3-5-25-15(14)10-30-7-9-33-16(11-30)18-28-19(26-6-8-32-2)17-20(29-18)31(13-27-17)12-21(22,23)24/h3-5,13,16H,6-12H2,1-2H3,(H,26,28,29). The van der Waals surface area contributed by atoms with Gasteiger partial charge in [0.25, 0.3) is 0 Å². The molecule has 0 radical (unpaired) electrons. The van der Waals surface area contributed by atoms with Crippen LogP contribution in [-0.2, 0) is 22.6 Å². The molecule has 0 aliphatic carbocycles. The Balaban J connectivity index is 1.62. The molecular weight excluding hydrogens is 439 g/mol. The number of alkyl halides is 3. The van der Waals surface area contributed by atoms with Crippen molar-refractivity contribution in [1.29, 1.82) is 0 Å². The molecule has 1 atom stereocenters. The zero-order chi connectivity index (χ0) is 23.4. The molecule has 33 heavy (non-hydrogen) atoms. The summed E-state index contributed by atoms with van der Waals surface area (Å²) in [5, 5.41) is 3.09. The van der Waals surface area contributed by atoms with Crippen molar-refractivity contribution >= 4 is 17.0 Å². The average molecular weight is 465 g/mol. The zero-order valence-electron chi connectivity index (χ0n) is 18.5. The Bertz CT molecular complexity index is 1090. The molecule has 1 unspecified atom stereocenters. The average Bonchev–Trinajstić information content (AvgIpc) is 3.17. The lowest BCUT2D eigenvalue weighted by Gasteiger charge is -2.32. The number of nitrogens with one attached hydrogen (secondary N) is 1. The van der Waals surface area contributed by atoms with E-state index in [0.29, 0.717) is 51.0 Å². The van der Waals surface area contributed by atoms with Crippen LogP contribution in [0.2, 0.25) is 0 Å². The van der Waals surface area contributed by atoms with Crippen LogP contribution >= 0.6 is 0 Å². The molecule has 1 saturated heterocycles. The highest BCUT2D eigenvalue weighted by molar-refractivity contribution is 5.83. The molecule has 1 N–H and O–H groups in total. The lowest BCUT2D eigenvalue weighted by Crippen LogP contribution is -2.38. The van der Waals surface area contributed by atoms with E-state index < -0.39 is 18.8 Å². The topological polar surface area (TPSA) is 90.2 Å². The van der Waals surface area contributed by atoms with E-state index in [2.05, 4.69) is 30.2 Å². The summed E-state index contributed by atoms with van der Waals surface area (Å²) in [4.78, 5) is 19.8. The van der Waals surface area contributed by atoms with Gasteiger partial charge >= 0.3 is 6.18 Å². The van der Waals surface area contributed by atoms with Gasteiger partial charge in [0.05, 0.1) is 25.2 Å². The van der Waals surface area contributed by atoms with Crippen LogP contribution < -0.4 is 5.32 Å². The number of methoxy groups -OCH3 is 1. The second-order valence-electron chi connectivity index (χ2n) is 7.87. The van der Waals surface area contributed by atoms with E-state index in [0.717, 1.165) is 22.2 Å². The lowest BCUT2D eigenvalue weighted by molar-refractivity contribution is -0.140. The summed E-state index contributed by atoms with van der Waals surface area (Å²) in [7, 11) is 1.56. The number of halogens is 3. The predicted octanol–water partition coefficient (Wildman–Crippen LogP) is 2.72. The summed E-state index contributed by atoms with van der Waals surface area (Å²) < 4.78 is 51.2. The molecule has 12 heteroatoms. The molecule has 3 aromatic rings. The van der Waals surface area contributed by atoms with Crippen LogP contribution in [0.5, 0.6) is 0 Å². The van der Waals surface area contributed by atoms with Gasteiger partial charge in [0, 0.05) is 39.5 Å². The second kappa shape index (κ2) is 9.98. The van der Waals surface area contributed by atoms with E-state index in [1.807, 2.05) is 19.1 Å². The fourth-order valence-electron chi connectivity index (χ4n) is 3.71.